The molecule has 0 aromatic rings. The number of rotatable bonds is 9. The largest absolute Gasteiger partial charge is 0.444 e. The molecule has 0 aliphatic rings. The highest BCUT2D eigenvalue weighted by Gasteiger charge is 2.16. The lowest BCUT2D eigenvalue weighted by molar-refractivity contribution is -0.119. The van der Waals surface area contributed by atoms with Gasteiger partial charge in [0.2, 0.25) is 0 Å². The molecule has 0 aliphatic carbocycles. The van der Waals surface area contributed by atoms with Gasteiger partial charge in [0.05, 0.1) is 0 Å². The van der Waals surface area contributed by atoms with Crippen LogP contribution in [0.5, 0.6) is 0 Å². The molecule has 0 aliphatic heterocycles. The minimum absolute atomic E-state index is 0.0728. The highest BCUT2D eigenvalue weighted by molar-refractivity contribution is 5.80. The third kappa shape index (κ3) is 15.9. The van der Waals surface area contributed by atoms with Gasteiger partial charge in [-0.05, 0) is 61.3 Å². The van der Waals surface area contributed by atoms with E-state index in [2.05, 4.69) is 10.6 Å². The van der Waals surface area contributed by atoms with Crippen molar-refractivity contribution in [2.75, 3.05) is 13.1 Å². The molecule has 1 unspecified atom stereocenters. The molecule has 0 aromatic carbocycles. The number of ketones is 1. The van der Waals surface area contributed by atoms with Gasteiger partial charge in [-0.15, -0.1) is 0 Å². The molecule has 0 rings (SSSR count). The number of unbranched alkanes of at least 4 members (excludes halogenated alkanes) is 1. The first-order valence-corrected chi connectivity index (χ1v) is 9.41. The van der Waals surface area contributed by atoms with Gasteiger partial charge in [0.1, 0.15) is 17.0 Å². The van der Waals surface area contributed by atoms with Crippen LogP contribution in [0, 0.1) is 5.92 Å². The van der Waals surface area contributed by atoms with E-state index >= 15 is 0 Å². The molecule has 27 heavy (non-hydrogen) atoms. The second-order valence-electron chi connectivity index (χ2n) is 8.45. The van der Waals surface area contributed by atoms with Crippen LogP contribution in [0.25, 0.3) is 0 Å². The van der Waals surface area contributed by atoms with Crippen LogP contribution in [0.1, 0.15) is 67.7 Å². The number of allylic oxidation sites excluding steroid dienone is 1. The molecule has 0 aromatic heterocycles. The second kappa shape index (κ2) is 11.6. The lowest BCUT2D eigenvalue weighted by Gasteiger charge is -2.19. The fourth-order valence-corrected chi connectivity index (χ4v) is 2.12. The molecule has 2 N–H and O–H groups in total. The summed E-state index contributed by atoms with van der Waals surface area (Å²) in [5.74, 6) is -0.129. The molecule has 0 saturated carbocycles. The van der Waals surface area contributed by atoms with E-state index in [1.165, 1.54) is 0 Å². The second-order valence-corrected chi connectivity index (χ2v) is 8.45. The van der Waals surface area contributed by atoms with E-state index in [0.717, 1.165) is 12.8 Å². The first-order valence-electron chi connectivity index (χ1n) is 9.41. The summed E-state index contributed by atoms with van der Waals surface area (Å²) >= 11 is 0. The number of carbonyl (C=O) groups excluding carboxylic acids is 3. The lowest BCUT2D eigenvalue weighted by Crippen LogP contribution is -2.33. The fourth-order valence-electron chi connectivity index (χ4n) is 2.12. The Morgan fingerprint density at radius 3 is 1.89 bits per heavy atom. The Bertz CT molecular complexity index is 515. The maximum atomic E-state index is 11.7. The van der Waals surface area contributed by atoms with Gasteiger partial charge in [-0.25, -0.2) is 9.59 Å². The number of ether oxygens (including phenoxy) is 2. The molecular weight excluding hydrogens is 348 g/mol. The third-order valence-electron chi connectivity index (χ3n) is 3.26. The van der Waals surface area contributed by atoms with Crippen molar-refractivity contribution in [1.29, 1.82) is 0 Å². The van der Waals surface area contributed by atoms with E-state index < -0.39 is 23.4 Å². The number of nitrogens with one attached hydrogen (secondary N) is 2. The van der Waals surface area contributed by atoms with Crippen molar-refractivity contribution in [3.8, 4) is 0 Å². The van der Waals surface area contributed by atoms with Crippen molar-refractivity contribution in [1.82, 2.24) is 10.6 Å². The SMILES string of the molecule is CC(=O)C(/C=C\CNC(=O)OC(C)(C)C)CCCCNC(=O)OC(C)(C)C. The summed E-state index contributed by atoms with van der Waals surface area (Å²) in [5.41, 5.74) is -1.05. The van der Waals surface area contributed by atoms with Crippen molar-refractivity contribution in [3.05, 3.63) is 12.2 Å². The minimum atomic E-state index is -0.539. The molecule has 0 saturated heterocycles. The molecular formula is C20H36N2O5. The average molecular weight is 385 g/mol. The molecule has 0 spiro atoms. The Morgan fingerprint density at radius 1 is 0.889 bits per heavy atom. The van der Waals surface area contributed by atoms with Crippen LogP contribution >= 0.6 is 0 Å². The quantitative estimate of drug-likeness (QED) is 0.463. The third-order valence-corrected chi connectivity index (χ3v) is 3.26. The first-order chi connectivity index (χ1) is 12.3. The zero-order chi connectivity index (χ0) is 21.1. The van der Waals surface area contributed by atoms with Gasteiger partial charge in [0.25, 0.3) is 0 Å². The Balaban J connectivity index is 4.09. The average Bonchev–Trinajstić information content (AvgIpc) is 2.44. The van der Waals surface area contributed by atoms with E-state index in [-0.39, 0.29) is 11.7 Å². The van der Waals surface area contributed by atoms with Crippen molar-refractivity contribution in [2.24, 2.45) is 5.92 Å². The highest BCUT2D eigenvalue weighted by Crippen LogP contribution is 2.12. The van der Waals surface area contributed by atoms with E-state index in [1.54, 1.807) is 39.8 Å². The summed E-state index contributed by atoms with van der Waals surface area (Å²) in [6, 6.07) is 0. The van der Waals surface area contributed by atoms with E-state index in [4.69, 9.17) is 9.47 Å². The Hall–Kier alpha value is -2.05. The number of carbonyl (C=O) groups is 3. The van der Waals surface area contributed by atoms with Crippen molar-refractivity contribution in [3.63, 3.8) is 0 Å². The van der Waals surface area contributed by atoms with Gasteiger partial charge in [-0.2, -0.15) is 0 Å². The topological polar surface area (TPSA) is 93.7 Å². The van der Waals surface area contributed by atoms with Gasteiger partial charge in [0, 0.05) is 19.0 Å². The Labute approximate surface area is 163 Å². The smallest absolute Gasteiger partial charge is 0.407 e. The van der Waals surface area contributed by atoms with E-state index in [9.17, 15) is 14.4 Å². The zero-order valence-electron chi connectivity index (χ0n) is 17.8. The molecule has 0 fully saturated rings. The first kappa shape index (κ1) is 24.9. The molecule has 0 radical (unpaired) electrons. The summed E-state index contributed by atoms with van der Waals surface area (Å²) < 4.78 is 10.3. The fraction of sp³-hybridized carbons (Fsp3) is 0.750. The highest BCUT2D eigenvalue weighted by atomic mass is 16.6. The van der Waals surface area contributed by atoms with Crippen LogP contribution in [0.4, 0.5) is 9.59 Å². The Morgan fingerprint density at radius 2 is 1.41 bits per heavy atom. The lowest BCUT2D eigenvalue weighted by atomic mass is 9.97. The summed E-state index contributed by atoms with van der Waals surface area (Å²) in [6.07, 6.45) is 4.89. The van der Waals surface area contributed by atoms with Gasteiger partial charge in [-0.3, -0.25) is 4.79 Å². The Kier molecular flexibility index (Phi) is 10.7. The van der Waals surface area contributed by atoms with Crippen LogP contribution in [0.15, 0.2) is 12.2 Å². The number of hydrogen-bond donors (Lipinski definition) is 2. The summed E-state index contributed by atoms with van der Waals surface area (Å²) in [4.78, 5) is 34.8. The maximum absolute atomic E-state index is 11.7. The van der Waals surface area contributed by atoms with Crippen LogP contribution < -0.4 is 10.6 Å². The van der Waals surface area contributed by atoms with Gasteiger partial charge < -0.3 is 20.1 Å². The number of alkyl carbamates (subject to hydrolysis) is 2. The molecule has 7 nitrogen and oxygen atoms in total. The van der Waals surface area contributed by atoms with Gasteiger partial charge in [-0.1, -0.05) is 18.6 Å². The van der Waals surface area contributed by atoms with Gasteiger partial charge in [0.15, 0.2) is 0 Å². The molecule has 156 valence electrons. The standard InChI is InChI=1S/C20H36N2O5/c1-15(23)16(12-10-14-22-18(25)27-20(5,6)7)11-8-9-13-21-17(24)26-19(2,3)4/h10,12,16H,8-9,11,13-14H2,1-7H3,(H,21,24)(H,22,25)/b12-10-. The van der Waals surface area contributed by atoms with Crippen LogP contribution in [0.3, 0.4) is 0 Å². The monoisotopic (exact) mass is 384 g/mol. The molecule has 0 bridgehead atoms. The normalized spacial score (nSPS) is 13.1. The minimum Gasteiger partial charge on any atom is -0.444 e. The van der Waals surface area contributed by atoms with Crippen LogP contribution in [0.2, 0.25) is 0 Å². The molecule has 1 atom stereocenters. The zero-order valence-corrected chi connectivity index (χ0v) is 17.8. The predicted octanol–water partition coefficient (Wildman–Crippen LogP) is 3.97. The van der Waals surface area contributed by atoms with Crippen LogP contribution in [-0.4, -0.2) is 42.3 Å². The van der Waals surface area contributed by atoms with Crippen LogP contribution in [-0.2, 0) is 14.3 Å². The summed E-state index contributed by atoms with van der Waals surface area (Å²) in [5, 5.41) is 5.32. The summed E-state index contributed by atoms with van der Waals surface area (Å²) in [7, 11) is 0. The van der Waals surface area contributed by atoms with Gasteiger partial charge >= 0.3 is 12.2 Å². The number of amides is 2. The summed E-state index contributed by atoms with van der Waals surface area (Å²) in [6.45, 7) is 13.2. The van der Waals surface area contributed by atoms with Crippen molar-refractivity contribution in [2.45, 2.75) is 78.9 Å². The van der Waals surface area contributed by atoms with Crippen molar-refractivity contribution < 1.29 is 23.9 Å². The predicted molar refractivity (Wildman–Crippen MR) is 106 cm³/mol. The van der Waals surface area contributed by atoms with E-state index in [1.807, 2.05) is 20.8 Å². The molecule has 0 heterocycles. The molecule has 2 amide bonds. The molecule has 7 heteroatoms. The number of hydrogen-bond acceptors (Lipinski definition) is 5. The maximum Gasteiger partial charge on any atom is 0.407 e. The van der Waals surface area contributed by atoms with E-state index in [0.29, 0.717) is 19.5 Å². The number of Topliss-reactive ketones (excluding diaryl/α,β-unsaturated/α-hetero) is 1. The van der Waals surface area contributed by atoms with Crippen molar-refractivity contribution >= 4 is 18.0 Å².